The van der Waals surface area contributed by atoms with Gasteiger partial charge in [0.1, 0.15) is 5.03 Å². The highest BCUT2D eigenvalue weighted by molar-refractivity contribution is 7.99. The van der Waals surface area contributed by atoms with Crippen molar-refractivity contribution in [2.45, 2.75) is 9.92 Å². The Balaban J connectivity index is 2.38. The molecule has 1 heterocycles. The third-order valence-corrected chi connectivity index (χ3v) is 3.57. The number of hydrogen-bond donors (Lipinski definition) is 2. The van der Waals surface area contributed by atoms with Crippen molar-refractivity contribution in [3.63, 3.8) is 0 Å². The fourth-order valence-corrected chi connectivity index (χ4v) is 2.38. The molecular weight excluding hydrogens is 290 g/mol. The topological polar surface area (TPSA) is 107 Å². The molecule has 0 saturated heterocycles. The molecule has 2 rings (SSSR count). The second-order valence-electron chi connectivity index (χ2n) is 3.32. The van der Waals surface area contributed by atoms with Crippen LogP contribution < -0.4 is 11.3 Å². The molecule has 98 valence electrons. The Bertz CT molecular complexity index is 625. The fraction of sp³-hybridized carbons (Fsp3) is 0. The number of anilines is 1. The van der Waals surface area contributed by atoms with E-state index in [0.29, 0.717) is 14.9 Å². The number of nitro benzene ring substituents is 1. The van der Waals surface area contributed by atoms with Crippen LogP contribution in [0.15, 0.2) is 40.4 Å². The van der Waals surface area contributed by atoms with Gasteiger partial charge in [0.25, 0.3) is 5.69 Å². The number of nitro groups is 1. The van der Waals surface area contributed by atoms with Crippen molar-refractivity contribution in [3.8, 4) is 0 Å². The summed E-state index contributed by atoms with van der Waals surface area (Å²) in [6.07, 6.45) is 1.38. The van der Waals surface area contributed by atoms with Crippen LogP contribution in [0.1, 0.15) is 0 Å². The summed E-state index contributed by atoms with van der Waals surface area (Å²) in [6, 6.07) is 6.33. The number of nitrogen functional groups attached to an aromatic ring is 1. The van der Waals surface area contributed by atoms with Gasteiger partial charge in [-0.2, -0.15) is 0 Å². The van der Waals surface area contributed by atoms with Crippen LogP contribution in [0.2, 0.25) is 5.02 Å². The van der Waals surface area contributed by atoms with Crippen molar-refractivity contribution in [3.05, 3.63) is 45.6 Å². The molecule has 0 unspecified atom stereocenters. The zero-order valence-electron chi connectivity index (χ0n) is 9.41. The molecule has 9 heteroatoms. The molecule has 0 aliphatic carbocycles. The van der Waals surface area contributed by atoms with E-state index < -0.39 is 4.92 Å². The third-order valence-electron chi connectivity index (χ3n) is 2.11. The minimum Gasteiger partial charge on any atom is -0.292 e. The largest absolute Gasteiger partial charge is 0.292 e. The minimum atomic E-state index is -0.459. The summed E-state index contributed by atoms with van der Waals surface area (Å²) in [4.78, 5) is 18.8. The van der Waals surface area contributed by atoms with Crippen LogP contribution in [0.4, 0.5) is 11.6 Å². The molecule has 1 aromatic heterocycles. The Morgan fingerprint density at radius 3 is 2.84 bits per heavy atom. The van der Waals surface area contributed by atoms with Gasteiger partial charge in [-0.1, -0.05) is 35.5 Å². The first-order valence-electron chi connectivity index (χ1n) is 5.02. The van der Waals surface area contributed by atoms with Crippen molar-refractivity contribution < 1.29 is 4.92 Å². The van der Waals surface area contributed by atoms with Crippen molar-refractivity contribution >= 4 is 35.0 Å². The summed E-state index contributed by atoms with van der Waals surface area (Å²) in [5.74, 6) is 5.39. The number of nitrogens with zero attached hydrogens (tertiary/aromatic N) is 3. The SMILES string of the molecule is NNc1ncc(Cl)c(Sc2ccccc2[N+](=O)[O-])n1. The molecule has 0 spiro atoms. The maximum atomic E-state index is 10.9. The zero-order valence-corrected chi connectivity index (χ0v) is 11.0. The predicted octanol–water partition coefficient (Wildman–Crippen LogP) is 2.48. The number of halogens is 1. The predicted molar refractivity (Wildman–Crippen MR) is 72.1 cm³/mol. The number of nitrogens with one attached hydrogen (secondary N) is 1. The standard InChI is InChI=1S/C10H8ClN5O2S/c11-6-5-13-10(15-12)14-9(6)19-8-4-2-1-3-7(8)16(17)18/h1-5H,12H2,(H,13,14,15). The molecule has 0 fully saturated rings. The van der Waals surface area contributed by atoms with E-state index in [-0.39, 0.29) is 11.6 Å². The first-order chi connectivity index (χ1) is 9.11. The second kappa shape index (κ2) is 5.83. The highest BCUT2D eigenvalue weighted by Crippen LogP contribution is 2.36. The molecule has 0 radical (unpaired) electrons. The molecule has 0 bridgehead atoms. The van der Waals surface area contributed by atoms with Crippen LogP contribution in [0.3, 0.4) is 0 Å². The smallest absolute Gasteiger partial charge is 0.283 e. The van der Waals surface area contributed by atoms with Crippen molar-refractivity contribution in [1.29, 1.82) is 0 Å². The Hall–Kier alpha value is -1.90. The normalized spacial score (nSPS) is 10.2. The molecule has 0 saturated carbocycles. The number of aromatic nitrogens is 2. The van der Waals surface area contributed by atoms with E-state index in [1.165, 1.54) is 12.3 Å². The summed E-state index contributed by atoms with van der Waals surface area (Å²) in [5.41, 5.74) is 2.28. The Morgan fingerprint density at radius 2 is 2.16 bits per heavy atom. The van der Waals surface area contributed by atoms with E-state index in [4.69, 9.17) is 17.4 Å². The molecular formula is C10H8ClN5O2S. The lowest BCUT2D eigenvalue weighted by Gasteiger charge is -2.05. The van der Waals surface area contributed by atoms with Crippen molar-refractivity contribution in [1.82, 2.24) is 9.97 Å². The Morgan fingerprint density at radius 1 is 1.42 bits per heavy atom. The summed E-state index contributed by atoms with van der Waals surface area (Å²) in [5, 5.41) is 11.6. The van der Waals surface area contributed by atoms with Gasteiger partial charge in [-0.15, -0.1) is 0 Å². The molecule has 0 aliphatic rings. The van der Waals surface area contributed by atoms with Gasteiger partial charge in [-0.05, 0) is 6.07 Å². The van der Waals surface area contributed by atoms with E-state index in [0.717, 1.165) is 11.8 Å². The quantitative estimate of drug-likeness (QED) is 0.386. The van der Waals surface area contributed by atoms with Crippen LogP contribution in [0.5, 0.6) is 0 Å². The molecule has 2 aromatic rings. The molecule has 0 atom stereocenters. The number of benzene rings is 1. The maximum absolute atomic E-state index is 10.9. The van der Waals surface area contributed by atoms with Gasteiger partial charge in [0.2, 0.25) is 5.95 Å². The molecule has 0 amide bonds. The first kappa shape index (κ1) is 13.5. The number of nitrogens with two attached hydrogens (primary N) is 1. The number of rotatable bonds is 4. The fourth-order valence-electron chi connectivity index (χ4n) is 1.29. The van der Waals surface area contributed by atoms with Gasteiger partial charge in [-0.25, -0.2) is 15.8 Å². The van der Waals surface area contributed by atoms with Gasteiger partial charge >= 0.3 is 0 Å². The number of hydrazine groups is 1. The van der Waals surface area contributed by atoms with Crippen LogP contribution in [0, 0.1) is 10.1 Å². The Kier molecular flexibility index (Phi) is 4.15. The third kappa shape index (κ3) is 3.11. The van der Waals surface area contributed by atoms with Gasteiger partial charge in [0.15, 0.2) is 0 Å². The number of hydrogen-bond acceptors (Lipinski definition) is 7. The Labute approximate surface area is 117 Å². The van der Waals surface area contributed by atoms with E-state index >= 15 is 0 Å². The average Bonchev–Trinajstić information content (AvgIpc) is 2.41. The molecule has 1 aromatic carbocycles. The van der Waals surface area contributed by atoms with Crippen LogP contribution in [-0.4, -0.2) is 14.9 Å². The van der Waals surface area contributed by atoms with Gasteiger partial charge in [-0.3, -0.25) is 15.5 Å². The summed E-state index contributed by atoms with van der Waals surface area (Å²) >= 11 is 7.03. The lowest BCUT2D eigenvalue weighted by Crippen LogP contribution is -2.10. The summed E-state index contributed by atoms with van der Waals surface area (Å²) in [7, 11) is 0. The first-order valence-corrected chi connectivity index (χ1v) is 6.21. The van der Waals surface area contributed by atoms with E-state index in [1.54, 1.807) is 18.2 Å². The molecule has 0 aliphatic heterocycles. The summed E-state index contributed by atoms with van der Waals surface area (Å²) in [6.45, 7) is 0. The zero-order chi connectivity index (χ0) is 13.8. The molecule has 19 heavy (non-hydrogen) atoms. The summed E-state index contributed by atoms with van der Waals surface area (Å²) < 4.78 is 0. The minimum absolute atomic E-state index is 0.00978. The van der Waals surface area contributed by atoms with Gasteiger partial charge in [0.05, 0.1) is 21.0 Å². The van der Waals surface area contributed by atoms with Crippen molar-refractivity contribution in [2.24, 2.45) is 5.84 Å². The van der Waals surface area contributed by atoms with E-state index in [2.05, 4.69) is 15.4 Å². The van der Waals surface area contributed by atoms with Gasteiger partial charge < -0.3 is 0 Å². The lowest BCUT2D eigenvalue weighted by atomic mass is 10.3. The molecule has 7 nitrogen and oxygen atoms in total. The van der Waals surface area contributed by atoms with Crippen LogP contribution in [0.25, 0.3) is 0 Å². The molecule has 3 N–H and O–H groups in total. The van der Waals surface area contributed by atoms with E-state index in [1.807, 2.05) is 0 Å². The highest BCUT2D eigenvalue weighted by atomic mass is 35.5. The lowest BCUT2D eigenvalue weighted by molar-refractivity contribution is -0.387. The van der Waals surface area contributed by atoms with Crippen molar-refractivity contribution in [2.75, 3.05) is 5.43 Å². The number of para-hydroxylation sites is 1. The van der Waals surface area contributed by atoms with Crippen LogP contribution in [-0.2, 0) is 0 Å². The van der Waals surface area contributed by atoms with E-state index in [9.17, 15) is 10.1 Å². The maximum Gasteiger partial charge on any atom is 0.283 e. The van der Waals surface area contributed by atoms with Gasteiger partial charge in [0, 0.05) is 6.07 Å². The van der Waals surface area contributed by atoms with Crippen LogP contribution >= 0.6 is 23.4 Å². The second-order valence-corrected chi connectivity index (χ2v) is 4.76. The average molecular weight is 298 g/mol. The monoisotopic (exact) mass is 297 g/mol. The highest BCUT2D eigenvalue weighted by Gasteiger charge is 2.16.